The molecule has 0 aromatic carbocycles. The summed E-state index contributed by atoms with van der Waals surface area (Å²) in [5.74, 6) is -0.963. The van der Waals surface area contributed by atoms with Gasteiger partial charge in [-0.2, -0.15) is 0 Å². The van der Waals surface area contributed by atoms with Crippen LogP contribution in [0.15, 0.2) is 0 Å². The third-order valence-electron chi connectivity index (χ3n) is 1.89. The van der Waals surface area contributed by atoms with Crippen molar-refractivity contribution < 1.29 is 23.8 Å². The standard InChI is InChI=1S/C9H13ClO5/c1-5(10)9(12)15-8-4-13-3-7(8)14-6(2)11/h5,7-8H,3-4H2,1-2H3/t5?,7-,8+/m0/s1. The minimum atomic E-state index is -0.719. The van der Waals surface area contributed by atoms with Gasteiger partial charge in [0.25, 0.3) is 0 Å². The number of hydrogen-bond acceptors (Lipinski definition) is 5. The fraction of sp³-hybridized carbons (Fsp3) is 0.778. The number of carbonyl (C=O) groups excluding carboxylic acids is 2. The van der Waals surface area contributed by atoms with Crippen LogP contribution in [-0.4, -0.2) is 42.7 Å². The second-order valence-electron chi connectivity index (χ2n) is 3.28. The number of ether oxygens (including phenoxy) is 3. The van der Waals surface area contributed by atoms with Crippen molar-refractivity contribution in [2.24, 2.45) is 0 Å². The Hall–Kier alpha value is -0.810. The van der Waals surface area contributed by atoms with E-state index in [0.29, 0.717) is 0 Å². The number of rotatable bonds is 3. The van der Waals surface area contributed by atoms with Gasteiger partial charge in [-0.1, -0.05) is 0 Å². The highest BCUT2D eigenvalue weighted by Gasteiger charge is 2.34. The molecule has 0 spiro atoms. The van der Waals surface area contributed by atoms with Gasteiger partial charge in [-0.3, -0.25) is 9.59 Å². The summed E-state index contributed by atoms with van der Waals surface area (Å²) in [6.45, 7) is 3.28. The normalized spacial score (nSPS) is 27.1. The summed E-state index contributed by atoms with van der Waals surface area (Å²) in [7, 11) is 0. The smallest absolute Gasteiger partial charge is 0.324 e. The molecule has 1 aliphatic rings. The summed E-state index contributed by atoms with van der Waals surface area (Å²) in [6, 6.07) is 0. The number of alkyl halides is 1. The Kier molecular flexibility index (Phi) is 4.35. The molecule has 0 saturated carbocycles. The fourth-order valence-electron chi connectivity index (χ4n) is 1.19. The molecule has 1 heterocycles. The molecular weight excluding hydrogens is 224 g/mol. The number of esters is 2. The predicted octanol–water partition coefficient (Wildman–Crippen LogP) is 0.487. The molecule has 1 rings (SSSR count). The van der Waals surface area contributed by atoms with E-state index < -0.39 is 29.5 Å². The molecule has 1 unspecified atom stereocenters. The highest BCUT2D eigenvalue weighted by atomic mass is 35.5. The van der Waals surface area contributed by atoms with Crippen LogP contribution in [0.1, 0.15) is 13.8 Å². The molecule has 0 N–H and O–H groups in total. The first kappa shape index (κ1) is 12.3. The molecule has 0 bridgehead atoms. The Morgan fingerprint density at radius 3 is 2.33 bits per heavy atom. The van der Waals surface area contributed by atoms with E-state index in [1.54, 1.807) is 0 Å². The van der Waals surface area contributed by atoms with Gasteiger partial charge in [-0.15, -0.1) is 11.6 Å². The molecule has 6 heteroatoms. The molecule has 0 aromatic heterocycles. The molecule has 0 radical (unpaired) electrons. The van der Waals surface area contributed by atoms with Crippen LogP contribution in [0, 0.1) is 0 Å². The van der Waals surface area contributed by atoms with Crippen LogP contribution < -0.4 is 0 Å². The Bertz CT molecular complexity index is 253. The third-order valence-corrected chi connectivity index (χ3v) is 2.07. The summed E-state index contributed by atoms with van der Waals surface area (Å²) < 4.78 is 15.0. The van der Waals surface area contributed by atoms with Crippen molar-refractivity contribution in [3.05, 3.63) is 0 Å². The van der Waals surface area contributed by atoms with Crippen molar-refractivity contribution in [1.29, 1.82) is 0 Å². The molecular formula is C9H13ClO5. The summed E-state index contributed by atoms with van der Waals surface area (Å²) in [5.41, 5.74) is 0. The SMILES string of the molecule is CC(=O)O[C@H]1COC[C@H]1OC(=O)C(C)Cl. The molecule has 0 aliphatic carbocycles. The number of hydrogen-bond donors (Lipinski definition) is 0. The van der Waals surface area contributed by atoms with E-state index in [1.165, 1.54) is 13.8 Å². The van der Waals surface area contributed by atoms with Crippen LogP contribution in [0.3, 0.4) is 0 Å². The highest BCUT2D eigenvalue weighted by molar-refractivity contribution is 6.29. The lowest BCUT2D eigenvalue weighted by Crippen LogP contribution is -2.35. The van der Waals surface area contributed by atoms with Crippen LogP contribution in [0.4, 0.5) is 0 Å². The van der Waals surface area contributed by atoms with Crippen molar-refractivity contribution in [3.8, 4) is 0 Å². The first-order valence-electron chi connectivity index (χ1n) is 4.60. The van der Waals surface area contributed by atoms with Gasteiger partial charge in [-0.05, 0) is 6.92 Å². The average molecular weight is 237 g/mol. The Morgan fingerprint density at radius 1 is 1.33 bits per heavy atom. The van der Waals surface area contributed by atoms with Crippen LogP contribution in [0.2, 0.25) is 0 Å². The Labute approximate surface area is 92.6 Å². The second kappa shape index (κ2) is 5.32. The molecule has 0 amide bonds. The topological polar surface area (TPSA) is 61.8 Å². The van der Waals surface area contributed by atoms with Gasteiger partial charge >= 0.3 is 11.9 Å². The van der Waals surface area contributed by atoms with Gasteiger partial charge in [0.1, 0.15) is 5.38 Å². The maximum Gasteiger partial charge on any atom is 0.324 e. The van der Waals surface area contributed by atoms with Gasteiger partial charge in [0, 0.05) is 6.92 Å². The van der Waals surface area contributed by atoms with Gasteiger partial charge in [0.05, 0.1) is 13.2 Å². The summed E-state index contributed by atoms with van der Waals surface area (Å²) in [4.78, 5) is 21.9. The zero-order valence-electron chi connectivity index (χ0n) is 8.57. The van der Waals surface area contributed by atoms with E-state index in [0.717, 1.165) is 0 Å². The van der Waals surface area contributed by atoms with Crippen LogP contribution in [0.5, 0.6) is 0 Å². The molecule has 1 saturated heterocycles. The Balaban J connectivity index is 2.46. The van der Waals surface area contributed by atoms with E-state index in [-0.39, 0.29) is 13.2 Å². The number of halogens is 1. The first-order valence-corrected chi connectivity index (χ1v) is 5.04. The van der Waals surface area contributed by atoms with Gasteiger partial charge in [-0.25, -0.2) is 0 Å². The second-order valence-corrected chi connectivity index (χ2v) is 3.93. The fourth-order valence-corrected chi connectivity index (χ4v) is 1.24. The van der Waals surface area contributed by atoms with E-state index in [2.05, 4.69) is 0 Å². The van der Waals surface area contributed by atoms with E-state index in [1.807, 2.05) is 0 Å². The van der Waals surface area contributed by atoms with Crippen molar-refractivity contribution in [2.45, 2.75) is 31.4 Å². The minimum absolute atomic E-state index is 0.229. The van der Waals surface area contributed by atoms with Crippen molar-refractivity contribution >= 4 is 23.5 Å². The highest BCUT2D eigenvalue weighted by Crippen LogP contribution is 2.15. The van der Waals surface area contributed by atoms with Crippen LogP contribution >= 0.6 is 11.6 Å². The van der Waals surface area contributed by atoms with Gasteiger partial charge in [0.15, 0.2) is 12.2 Å². The van der Waals surface area contributed by atoms with E-state index >= 15 is 0 Å². The molecule has 5 nitrogen and oxygen atoms in total. The maximum atomic E-state index is 11.2. The van der Waals surface area contributed by atoms with Crippen LogP contribution in [-0.2, 0) is 23.8 Å². The quantitative estimate of drug-likeness (QED) is 0.527. The largest absolute Gasteiger partial charge is 0.456 e. The van der Waals surface area contributed by atoms with Gasteiger partial charge in [0.2, 0.25) is 0 Å². The maximum absolute atomic E-state index is 11.2. The lowest BCUT2D eigenvalue weighted by molar-refractivity contribution is -0.161. The predicted molar refractivity (Wildman–Crippen MR) is 51.6 cm³/mol. The molecule has 1 fully saturated rings. The van der Waals surface area contributed by atoms with Gasteiger partial charge < -0.3 is 14.2 Å². The molecule has 1 aliphatic heterocycles. The van der Waals surface area contributed by atoms with Crippen molar-refractivity contribution in [2.75, 3.05) is 13.2 Å². The van der Waals surface area contributed by atoms with Crippen molar-refractivity contribution in [3.63, 3.8) is 0 Å². The molecule has 3 atom stereocenters. The lowest BCUT2D eigenvalue weighted by Gasteiger charge is -2.18. The minimum Gasteiger partial charge on any atom is -0.456 e. The van der Waals surface area contributed by atoms with E-state index in [4.69, 9.17) is 25.8 Å². The molecule has 15 heavy (non-hydrogen) atoms. The summed E-state index contributed by atoms with van der Waals surface area (Å²) in [5, 5.41) is -0.719. The Morgan fingerprint density at radius 2 is 1.87 bits per heavy atom. The third kappa shape index (κ3) is 3.68. The zero-order valence-corrected chi connectivity index (χ0v) is 9.32. The lowest BCUT2D eigenvalue weighted by atomic mass is 10.2. The van der Waals surface area contributed by atoms with E-state index in [9.17, 15) is 9.59 Å². The zero-order chi connectivity index (χ0) is 11.4. The number of carbonyl (C=O) groups is 2. The summed E-state index contributed by atoms with van der Waals surface area (Å²) >= 11 is 5.54. The summed E-state index contributed by atoms with van der Waals surface area (Å²) in [6.07, 6.45) is -1.08. The van der Waals surface area contributed by atoms with Crippen LogP contribution in [0.25, 0.3) is 0 Å². The monoisotopic (exact) mass is 236 g/mol. The molecule has 86 valence electrons. The molecule has 0 aromatic rings. The first-order chi connectivity index (χ1) is 7.00. The van der Waals surface area contributed by atoms with Crippen molar-refractivity contribution in [1.82, 2.24) is 0 Å². The average Bonchev–Trinajstić information content (AvgIpc) is 2.51.